The molecular weight excluding hydrogens is 263 g/mol. The van der Waals surface area contributed by atoms with Crippen LogP contribution in [0, 0.1) is 11.8 Å². The van der Waals surface area contributed by atoms with Crippen molar-refractivity contribution in [3.63, 3.8) is 0 Å². The molecule has 1 nitrogen and oxygen atoms in total. The fourth-order valence-electron chi connectivity index (χ4n) is 3.73. The standard InChI is InChI=1S/C16H20F3N/c17-16(18,19)14-6-2-1-5-13(14)15(20)9-3-4-12(10-15)11-7-8-11/h1-2,5-6,11-12H,3-4,7-10,20H2. The molecule has 3 rings (SSSR count). The summed E-state index contributed by atoms with van der Waals surface area (Å²) in [5, 5.41) is 0. The minimum Gasteiger partial charge on any atom is -0.321 e. The molecule has 1 aromatic carbocycles. The fraction of sp³-hybridized carbons (Fsp3) is 0.625. The first kappa shape index (κ1) is 13.9. The molecule has 0 aromatic heterocycles. The zero-order valence-electron chi connectivity index (χ0n) is 11.4. The molecule has 20 heavy (non-hydrogen) atoms. The average Bonchev–Trinajstić information content (AvgIpc) is 3.22. The Hall–Kier alpha value is -1.03. The van der Waals surface area contributed by atoms with Gasteiger partial charge in [0.05, 0.1) is 5.56 Å². The summed E-state index contributed by atoms with van der Waals surface area (Å²) in [7, 11) is 0. The highest BCUT2D eigenvalue weighted by Gasteiger charge is 2.44. The van der Waals surface area contributed by atoms with Gasteiger partial charge in [0, 0.05) is 5.54 Å². The van der Waals surface area contributed by atoms with Crippen LogP contribution in [0.5, 0.6) is 0 Å². The van der Waals surface area contributed by atoms with E-state index in [2.05, 4.69) is 0 Å². The van der Waals surface area contributed by atoms with Gasteiger partial charge < -0.3 is 5.73 Å². The maximum atomic E-state index is 13.2. The maximum Gasteiger partial charge on any atom is 0.416 e. The van der Waals surface area contributed by atoms with E-state index < -0.39 is 17.3 Å². The topological polar surface area (TPSA) is 26.0 Å². The van der Waals surface area contributed by atoms with E-state index >= 15 is 0 Å². The van der Waals surface area contributed by atoms with Crippen LogP contribution in [-0.4, -0.2) is 0 Å². The van der Waals surface area contributed by atoms with E-state index in [0.717, 1.165) is 18.9 Å². The highest BCUT2D eigenvalue weighted by atomic mass is 19.4. The third-order valence-corrected chi connectivity index (χ3v) is 4.88. The number of halogens is 3. The first-order valence-corrected chi connectivity index (χ1v) is 7.36. The van der Waals surface area contributed by atoms with Gasteiger partial charge in [0.15, 0.2) is 0 Å². The molecule has 0 saturated heterocycles. The molecule has 0 bridgehead atoms. The van der Waals surface area contributed by atoms with Crippen LogP contribution >= 0.6 is 0 Å². The second-order valence-corrected chi connectivity index (χ2v) is 6.39. The molecule has 110 valence electrons. The smallest absolute Gasteiger partial charge is 0.321 e. The molecule has 2 aliphatic carbocycles. The number of hydrogen-bond acceptors (Lipinski definition) is 1. The van der Waals surface area contributed by atoms with Gasteiger partial charge in [-0.25, -0.2) is 0 Å². The Morgan fingerprint density at radius 1 is 1.05 bits per heavy atom. The van der Waals surface area contributed by atoms with E-state index in [1.54, 1.807) is 12.1 Å². The zero-order valence-corrected chi connectivity index (χ0v) is 11.4. The van der Waals surface area contributed by atoms with Gasteiger partial charge in [-0.05, 0) is 49.1 Å². The van der Waals surface area contributed by atoms with Crippen LogP contribution in [0.3, 0.4) is 0 Å². The summed E-state index contributed by atoms with van der Waals surface area (Å²) in [5.74, 6) is 1.21. The lowest BCUT2D eigenvalue weighted by Crippen LogP contribution is -2.43. The zero-order chi connectivity index (χ0) is 14.4. The molecule has 0 aliphatic heterocycles. The number of nitrogens with two attached hydrogens (primary N) is 1. The van der Waals surface area contributed by atoms with Crippen molar-refractivity contribution >= 4 is 0 Å². The Kier molecular flexibility index (Phi) is 3.32. The Bertz CT molecular complexity index is 493. The van der Waals surface area contributed by atoms with Gasteiger partial charge in [-0.3, -0.25) is 0 Å². The van der Waals surface area contributed by atoms with Crippen molar-refractivity contribution in [2.45, 2.75) is 50.2 Å². The molecule has 0 radical (unpaired) electrons. The van der Waals surface area contributed by atoms with Crippen molar-refractivity contribution in [1.29, 1.82) is 0 Å². The van der Waals surface area contributed by atoms with Crippen molar-refractivity contribution in [1.82, 2.24) is 0 Å². The molecule has 2 unspecified atom stereocenters. The van der Waals surface area contributed by atoms with E-state index in [0.29, 0.717) is 24.7 Å². The highest BCUT2D eigenvalue weighted by molar-refractivity contribution is 5.36. The lowest BCUT2D eigenvalue weighted by Gasteiger charge is -2.40. The summed E-state index contributed by atoms with van der Waals surface area (Å²) in [6, 6.07) is 5.83. The molecule has 4 heteroatoms. The van der Waals surface area contributed by atoms with Gasteiger partial charge >= 0.3 is 6.18 Å². The second kappa shape index (κ2) is 4.76. The molecule has 0 spiro atoms. The van der Waals surface area contributed by atoms with Crippen molar-refractivity contribution < 1.29 is 13.2 Å². The van der Waals surface area contributed by atoms with Gasteiger partial charge in [-0.1, -0.05) is 31.0 Å². The predicted octanol–water partition coefficient (Wildman–Crippen LogP) is 4.46. The summed E-state index contributed by atoms with van der Waals surface area (Å²) < 4.78 is 39.6. The number of hydrogen-bond donors (Lipinski definition) is 1. The minimum atomic E-state index is -4.32. The molecule has 0 amide bonds. The van der Waals surface area contributed by atoms with E-state index in [1.807, 2.05) is 0 Å². The number of alkyl halides is 3. The lowest BCUT2D eigenvalue weighted by molar-refractivity contribution is -0.139. The minimum absolute atomic E-state index is 0.290. The Balaban J connectivity index is 1.94. The molecule has 1 aromatic rings. The summed E-state index contributed by atoms with van der Waals surface area (Å²) in [6.07, 6.45) is 1.54. The molecule has 2 fully saturated rings. The van der Waals surface area contributed by atoms with Crippen molar-refractivity contribution in [3.8, 4) is 0 Å². The molecule has 2 saturated carbocycles. The molecule has 2 atom stereocenters. The van der Waals surface area contributed by atoms with Crippen LogP contribution < -0.4 is 5.73 Å². The van der Waals surface area contributed by atoms with E-state index in [9.17, 15) is 13.2 Å². The SMILES string of the molecule is NC1(c2ccccc2C(F)(F)F)CCCC(C2CC2)C1. The quantitative estimate of drug-likeness (QED) is 0.852. The summed E-state index contributed by atoms with van der Waals surface area (Å²) in [5.41, 5.74) is 5.36. The number of benzene rings is 1. The predicted molar refractivity (Wildman–Crippen MR) is 72.0 cm³/mol. The van der Waals surface area contributed by atoms with E-state index in [-0.39, 0.29) is 5.56 Å². The maximum absolute atomic E-state index is 13.2. The monoisotopic (exact) mass is 283 g/mol. The summed E-state index contributed by atoms with van der Waals surface area (Å²) in [6.45, 7) is 0. The van der Waals surface area contributed by atoms with Crippen LogP contribution in [0.15, 0.2) is 24.3 Å². The van der Waals surface area contributed by atoms with E-state index in [1.165, 1.54) is 18.9 Å². The molecular formula is C16H20F3N. The Morgan fingerprint density at radius 2 is 1.75 bits per heavy atom. The van der Waals surface area contributed by atoms with Gasteiger partial charge in [0.25, 0.3) is 0 Å². The summed E-state index contributed by atoms with van der Waals surface area (Å²) in [4.78, 5) is 0. The molecule has 2 N–H and O–H groups in total. The van der Waals surface area contributed by atoms with Crippen LogP contribution in [0.2, 0.25) is 0 Å². The second-order valence-electron chi connectivity index (χ2n) is 6.39. The normalized spacial score (nSPS) is 31.3. The van der Waals surface area contributed by atoms with Crippen LogP contribution in [0.1, 0.15) is 49.7 Å². The third kappa shape index (κ3) is 2.58. The first-order valence-electron chi connectivity index (χ1n) is 7.36. The van der Waals surface area contributed by atoms with Gasteiger partial charge in [-0.2, -0.15) is 13.2 Å². The van der Waals surface area contributed by atoms with Crippen LogP contribution in [0.4, 0.5) is 13.2 Å². The first-order chi connectivity index (χ1) is 9.40. The Morgan fingerprint density at radius 3 is 2.40 bits per heavy atom. The van der Waals surface area contributed by atoms with Crippen molar-refractivity contribution in [2.75, 3.05) is 0 Å². The van der Waals surface area contributed by atoms with Gasteiger partial charge in [-0.15, -0.1) is 0 Å². The fourth-order valence-corrected chi connectivity index (χ4v) is 3.73. The summed E-state index contributed by atoms with van der Waals surface area (Å²) >= 11 is 0. The average molecular weight is 283 g/mol. The van der Waals surface area contributed by atoms with Crippen molar-refractivity contribution in [2.24, 2.45) is 17.6 Å². The third-order valence-electron chi connectivity index (χ3n) is 4.88. The van der Waals surface area contributed by atoms with Crippen molar-refractivity contribution in [3.05, 3.63) is 35.4 Å². The van der Waals surface area contributed by atoms with Crippen LogP contribution in [-0.2, 0) is 11.7 Å². The van der Waals surface area contributed by atoms with Gasteiger partial charge in [0.1, 0.15) is 0 Å². The van der Waals surface area contributed by atoms with E-state index in [4.69, 9.17) is 5.73 Å². The largest absolute Gasteiger partial charge is 0.416 e. The van der Waals surface area contributed by atoms with Crippen LogP contribution in [0.25, 0.3) is 0 Å². The molecule has 2 aliphatic rings. The Labute approximate surface area is 117 Å². The molecule has 0 heterocycles. The lowest BCUT2D eigenvalue weighted by atomic mass is 9.70. The van der Waals surface area contributed by atoms with Gasteiger partial charge in [0.2, 0.25) is 0 Å². The number of rotatable bonds is 2. The highest BCUT2D eigenvalue weighted by Crippen LogP contribution is 2.50.